The molecule has 0 bridgehead atoms. The molecule has 1 heterocycles. The molecule has 240 valence electrons. The number of carbonyl (C=O) groups excluding carboxylic acids is 1. The second kappa shape index (κ2) is 9.86. The zero-order valence-corrected chi connectivity index (χ0v) is 27.4. The highest BCUT2D eigenvalue weighted by Crippen LogP contribution is 2.87. The highest BCUT2D eigenvalue weighted by atomic mass is 16.6. The summed E-state index contributed by atoms with van der Waals surface area (Å²) in [5.74, 6) is 0.754. The van der Waals surface area contributed by atoms with Gasteiger partial charge in [0.1, 0.15) is 0 Å². The number of hydrogen-bond acceptors (Lipinski definition) is 8. The molecule has 5 saturated carbocycles. The van der Waals surface area contributed by atoms with E-state index in [1.807, 2.05) is 7.05 Å². The van der Waals surface area contributed by atoms with Crippen molar-refractivity contribution in [3.63, 3.8) is 0 Å². The molecule has 6 aliphatic rings. The van der Waals surface area contributed by atoms with Crippen LogP contribution in [0.1, 0.15) is 99.8 Å². The topological polar surface area (TPSA) is 123 Å². The SMILES string of the molecule is CNCCOC1CCC23CC24CCC2(C)C5C(C)CC(C(OC(C)=O)C(C)(C)O)OC5C(O)C2(N)C4CCC3C1(C)C. The summed E-state index contributed by atoms with van der Waals surface area (Å²) in [5, 5.41) is 26.5. The smallest absolute Gasteiger partial charge is 0.303 e. The fraction of sp³-hybridized carbons (Fsp3) is 0.971. The standard InChI is InChI=1S/C34H58N2O6/c1-19-17-21(28(30(5,6)39)41-20(2)37)42-26-25(19)31(7)13-14-33-18-32(33)12-11-24(40-16-15-36-8)29(3,4)22(32)9-10-23(33)34(31,35)27(26)38/h19,21-28,36,38-39H,9-18,35H2,1-8H3. The van der Waals surface area contributed by atoms with Crippen molar-refractivity contribution < 1.29 is 29.2 Å². The molecule has 0 aromatic heterocycles. The quantitative estimate of drug-likeness (QED) is 0.261. The van der Waals surface area contributed by atoms with Gasteiger partial charge in [0.05, 0.1) is 42.2 Å². The Morgan fingerprint density at radius 1 is 1.12 bits per heavy atom. The molecule has 2 spiro atoms. The summed E-state index contributed by atoms with van der Waals surface area (Å²) in [6.07, 6.45) is 6.27. The number of ether oxygens (including phenoxy) is 3. The van der Waals surface area contributed by atoms with Gasteiger partial charge in [0.25, 0.3) is 0 Å². The van der Waals surface area contributed by atoms with Crippen molar-refractivity contribution in [3.8, 4) is 0 Å². The molecule has 0 radical (unpaired) electrons. The average Bonchev–Trinajstić information content (AvgIpc) is 3.52. The number of nitrogens with two attached hydrogens (primary N) is 1. The van der Waals surface area contributed by atoms with Gasteiger partial charge in [0, 0.05) is 13.5 Å². The van der Waals surface area contributed by atoms with E-state index in [-0.39, 0.29) is 40.1 Å². The molecule has 6 fully saturated rings. The third-order valence-corrected chi connectivity index (χ3v) is 14.2. The van der Waals surface area contributed by atoms with E-state index < -0.39 is 41.5 Å². The minimum atomic E-state index is -1.27. The molecule has 5 aliphatic carbocycles. The van der Waals surface area contributed by atoms with Crippen LogP contribution in [0.5, 0.6) is 0 Å². The van der Waals surface area contributed by atoms with Gasteiger partial charge < -0.3 is 35.5 Å². The molecule has 0 aromatic carbocycles. The van der Waals surface area contributed by atoms with Crippen LogP contribution in [0.2, 0.25) is 0 Å². The molecule has 0 aromatic rings. The first-order valence-electron chi connectivity index (χ1n) is 16.8. The molecule has 5 N–H and O–H groups in total. The molecule has 1 aliphatic heterocycles. The number of rotatable bonds is 7. The molecule has 13 unspecified atom stereocenters. The van der Waals surface area contributed by atoms with E-state index >= 15 is 0 Å². The summed E-state index contributed by atoms with van der Waals surface area (Å²) in [4.78, 5) is 12.0. The first kappa shape index (κ1) is 31.2. The lowest BCUT2D eigenvalue weighted by atomic mass is 9.43. The Morgan fingerprint density at radius 3 is 2.43 bits per heavy atom. The Balaban J connectivity index is 1.29. The minimum Gasteiger partial charge on any atom is -0.457 e. The predicted octanol–water partition coefficient (Wildman–Crippen LogP) is 3.80. The molecular weight excluding hydrogens is 532 g/mol. The van der Waals surface area contributed by atoms with Gasteiger partial charge in [-0.2, -0.15) is 0 Å². The van der Waals surface area contributed by atoms with Crippen LogP contribution in [0.4, 0.5) is 0 Å². The van der Waals surface area contributed by atoms with Crippen molar-refractivity contribution in [1.29, 1.82) is 0 Å². The summed E-state index contributed by atoms with van der Waals surface area (Å²) < 4.78 is 18.8. The van der Waals surface area contributed by atoms with Crippen molar-refractivity contribution >= 4 is 5.97 Å². The van der Waals surface area contributed by atoms with E-state index in [1.54, 1.807) is 13.8 Å². The number of nitrogens with one attached hydrogen (secondary N) is 1. The van der Waals surface area contributed by atoms with Gasteiger partial charge in [-0.25, -0.2) is 0 Å². The van der Waals surface area contributed by atoms with Gasteiger partial charge >= 0.3 is 5.97 Å². The van der Waals surface area contributed by atoms with Gasteiger partial charge in [0.15, 0.2) is 6.10 Å². The van der Waals surface area contributed by atoms with E-state index in [1.165, 1.54) is 26.2 Å². The lowest BCUT2D eigenvalue weighted by Gasteiger charge is -2.63. The third kappa shape index (κ3) is 3.97. The Hall–Kier alpha value is -0.770. The number of carbonyl (C=O) groups is 1. The molecule has 1 saturated heterocycles. The van der Waals surface area contributed by atoms with E-state index in [2.05, 4.69) is 33.0 Å². The number of fused-ring (bicyclic) bond motifs is 4. The number of hydrogen-bond donors (Lipinski definition) is 4. The highest BCUT2D eigenvalue weighted by molar-refractivity contribution is 5.66. The van der Waals surface area contributed by atoms with Crippen LogP contribution in [0.25, 0.3) is 0 Å². The molecular formula is C34H58N2O6. The summed E-state index contributed by atoms with van der Waals surface area (Å²) in [6, 6.07) is 0. The van der Waals surface area contributed by atoms with E-state index in [0.717, 1.165) is 38.8 Å². The van der Waals surface area contributed by atoms with Crippen LogP contribution >= 0.6 is 0 Å². The fourth-order valence-electron chi connectivity index (χ4n) is 12.6. The summed E-state index contributed by atoms with van der Waals surface area (Å²) in [7, 11) is 1.98. The van der Waals surface area contributed by atoms with Crippen molar-refractivity contribution in [2.45, 2.75) is 141 Å². The Kier molecular flexibility index (Phi) is 7.33. The van der Waals surface area contributed by atoms with E-state index in [9.17, 15) is 15.0 Å². The van der Waals surface area contributed by atoms with Crippen molar-refractivity contribution in [3.05, 3.63) is 0 Å². The molecule has 13 atom stereocenters. The molecule has 0 amide bonds. The van der Waals surface area contributed by atoms with Gasteiger partial charge in [-0.15, -0.1) is 0 Å². The fourth-order valence-corrected chi connectivity index (χ4v) is 12.6. The minimum absolute atomic E-state index is 0.110. The van der Waals surface area contributed by atoms with Crippen molar-refractivity contribution in [1.82, 2.24) is 5.32 Å². The Bertz CT molecular complexity index is 1080. The molecule has 6 rings (SSSR count). The van der Waals surface area contributed by atoms with Crippen LogP contribution in [0.3, 0.4) is 0 Å². The van der Waals surface area contributed by atoms with Crippen molar-refractivity contribution in [2.75, 3.05) is 20.2 Å². The monoisotopic (exact) mass is 590 g/mol. The lowest BCUT2D eigenvalue weighted by Crippen LogP contribution is -2.70. The lowest BCUT2D eigenvalue weighted by molar-refractivity contribution is -0.216. The number of esters is 1. The van der Waals surface area contributed by atoms with Crippen molar-refractivity contribution in [2.24, 2.45) is 51.1 Å². The largest absolute Gasteiger partial charge is 0.457 e. The first-order valence-corrected chi connectivity index (χ1v) is 16.8. The van der Waals surface area contributed by atoms with E-state index in [0.29, 0.717) is 17.8 Å². The van der Waals surface area contributed by atoms with E-state index in [4.69, 9.17) is 19.9 Å². The second-order valence-electron chi connectivity index (χ2n) is 16.9. The molecule has 8 heteroatoms. The number of aliphatic hydroxyl groups excluding tert-OH is 1. The Labute approximate surface area is 253 Å². The third-order valence-electron chi connectivity index (χ3n) is 14.2. The Morgan fingerprint density at radius 2 is 1.79 bits per heavy atom. The normalized spacial score (nSPS) is 51.3. The molecule has 8 nitrogen and oxygen atoms in total. The van der Waals surface area contributed by atoms with Gasteiger partial charge in [-0.05, 0) is 118 Å². The van der Waals surface area contributed by atoms with Crippen LogP contribution in [-0.4, -0.2) is 78.0 Å². The number of aliphatic hydroxyl groups is 2. The summed E-state index contributed by atoms with van der Waals surface area (Å²) in [6.45, 7) is 15.8. The van der Waals surface area contributed by atoms with Gasteiger partial charge in [0.2, 0.25) is 0 Å². The van der Waals surface area contributed by atoms with Crippen LogP contribution < -0.4 is 11.1 Å². The maximum absolute atomic E-state index is 12.3. The van der Waals surface area contributed by atoms with Crippen LogP contribution in [0.15, 0.2) is 0 Å². The number of likely N-dealkylation sites (N-methyl/N-ethyl adjacent to an activating group) is 1. The van der Waals surface area contributed by atoms with Gasteiger partial charge in [-0.1, -0.05) is 27.7 Å². The maximum Gasteiger partial charge on any atom is 0.303 e. The van der Waals surface area contributed by atoms with Crippen LogP contribution in [0, 0.1) is 45.3 Å². The predicted molar refractivity (Wildman–Crippen MR) is 160 cm³/mol. The highest BCUT2D eigenvalue weighted by Gasteiger charge is 2.85. The van der Waals surface area contributed by atoms with Crippen LogP contribution in [-0.2, 0) is 19.0 Å². The first-order chi connectivity index (χ1) is 19.5. The second-order valence-corrected chi connectivity index (χ2v) is 16.9. The summed E-state index contributed by atoms with van der Waals surface area (Å²) in [5.41, 5.74) is 6.04. The molecule has 42 heavy (non-hydrogen) atoms. The zero-order chi connectivity index (χ0) is 30.7. The average molecular weight is 591 g/mol. The zero-order valence-electron chi connectivity index (χ0n) is 27.4. The summed E-state index contributed by atoms with van der Waals surface area (Å²) >= 11 is 0. The maximum atomic E-state index is 12.3. The van der Waals surface area contributed by atoms with Gasteiger partial charge in [-0.3, -0.25) is 4.79 Å².